The van der Waals surface area contributed by atoms with Crippen LogP contribution in [0.1, 0.15) is 12.5 Å². The van der Waals surface area contributed by atoms with E-state index in [1.54, 1.807) is 23.5 Å². The highest BCUT2D eigenvalue weighted by Crippen LogP contribution is 2.39. The van der Waals surface area contributed by atoms with Crippen molar-refractivity contribution in [3.05, 3.63) is 68.7 Å². The summed E-state index contributed by atoms with van der Waals surface area (Å²) in [5.74, 6) is 0.677. The molecular formula is C20H14Cl3N3S. The van der Waals surface area contributed by atoms with Crippen LogP contribution in [0, 0.1) is 0 Å². The molecule has 0 bridgehead atoms. The second-order valence-corrected chi connectivity index (χ2v) is 8.05. The summed E-state index contributed by atoms with van der Waals surface area (Å²) in [5, 5.41) is 7.64. The Bertz CT molecular complexity index is 1120. The first-order valence-electron chi connectivity index (χ1n) is 8.30. The molecule has 27 heavy (non-hydrogen) atoms. The highest BCUT2D eigenvalue weighted by Gasteiger charge is 2.15. The SMILES string of the molecule is CCc1ccc(-c2csc3ncnc(Nc4cc(Cl)c(Cl)cc4Cl)c23)cc1. The largest absolute Gasteiger partial charge is 0.338 e. The molecule has 4 aromatic rings. The third-order valence-electron chi connectivity index (χ3n) is 4.31. The molecule has 3 nitrogen and oxygen atoms in total. The van der Waals surface area contributed by atoms with Crippen molar-refractivity contribution in [3.8, 4) is 11.1 Å². The fraction of sp³-hybridized carbons (Fsp3) is 0.100. The first-order valence-corrected chi connectivity index (χ1v) is 10.3. The van der Waals surface area contributed by atoms with Crippen LogP contribution >= 0.6 is 46.1 Å². The summed E-state index contributed by atoms with van der Waals surface area (Å²) in [6.07, 6.45) is 2.55. The van der Waals surface area contributed by atoms with Crippen LogP contribution in [0.15, 0.2) is 48.1 Å². The molecule has 0 atom stereocenters. The van der Waals surface area contributed by atoms with E-state index in [0.29, 0.717) is 26.6 Å². The van der Waals surface area contributed by atoms with Gasteiger partial charge in [0.25, 0.3) is 0 Å². The lowest BCUT2D eigenvalue weighted by molar-refractivity contribution is 1.14. The zero-order chi connectivity index (χ0) is 19.0. The molecule has 0 aliphatic carbocycles. The number of fused-ring (bicyclic) bond motifs is 1. The van der Waals surface area contributed by atoms with Gasteiger partial charge in [0.2, 0.25) is 0 Å². The second kappa shape index (κ2) is 7.64. The van der Waals surface area contributed by atoms with Gasteiger partial charge in [-0.3, -0.25) is 0 Å². The zero-order valence-corrected chi connectivity index (χ0v) is 17.3. The molecule has 0 aliphatic heterocycles. The minimum Gasteiger partial charge on any atom is -0.338 e. The molecule has 0 unspecified atom stereocenters. The maximum atomic E-state index is 6.32. The van der Waals surface area contributed by atoms with Gasteiger partial charge in [-0.15, -0.1) is 11.3 Å². The minimum absolute atomic E-state index is 0.410. The number of rotatable bonds is 4. The molecule has 0 saturated carbocycles. The van der Waals surface area contributed by atoms with Crippen molar-refractivity contribution >= 4 is 67.9 Å². The maximum Gasteiger partial charge on any atom is 0.143 e. The van der Waals surface area contributed by atoms with Crippen LogP contribution in [-0.4, -0.2) is 9.97 Å². The fourth-order valence-corrected chi connectivity index (χ4v) is 4.36. The summed E-state index contributed by atoms with van der Waals surface area (Å²) in [7, 11) is 0. The average molecular weight is 435 g/mol. The molecule has 2 aromatic heterocycles. The molecule has 0 amide bonds. The summed E-state index contributed by atoms with van der Waals surface area (Å²) in [6, 6.07) is 11.9. The Balaban J connectivity index is 1.82. The lowest BCUT2D eigenvalue weighted by atomic mass is 10.0. The van der Waals surface area contributed by atoms with Crippen LogP contribution in [0.4, 0.5) is 11.5 Å². The van der Waals surface area contributed by atoms with Crippen LogP contribution in [-0.2, 0) is 6.42 Å². The Morgan fingerprint density at radius 3 is 2.44 bits per heavy atom. The molecule has 136 valence electrons. The third-order valence-corrected chi connectivity index (χ3v) is 6.23. The van der Waals surface area contributed by atoms with Crippen molar-refractivity contribution in [1.29, 1.82) is 0 Å². The van der Waals surface area contributed by atoms with E-state index in [1.807, 2.05) is 0 Å². The van der Waals surface area contributed by atoms with Crippen LogP contribution in [0.2, 0.25) is 15.1 Å². The number of thiophene rings is 1. The van der Waals surface area contributed by atoms with Gasteiger partial charge in [0.05, 0.1) is 26.1 Å². The van der Waals surface area contributed by atoms with Crippen molar-refractivity contribution in [2.75, 3.05) is 5.32 Å². The molecule has 0 fully saturated rings. The van der Waals surface area contributed by atoms with E-state index < -0.39 is 0 Å². The van der Waals surface area contributed by atoms with E-state index >= 15 is 0 Å². The van der Waals surface area contributed by atoms with Gasteiger partial charge >= 0.3 is 0 Å². The Morgan fingerprint density at radius 1 is 0.963 bits per heavy atom. The molecule has 0 aliphatic rings. The average Bonchev–Trinajstić information content (AvgIpc) is 3.11. The second-order valence-electron chi connectivity index (χ2n) is 5.97. The molecule has 2 aromatic carbocycles. The number of hydrogen-bond acceptors (Lipinski definition) is 4. The first-order chi connectivity index (χ1) is 13.1. The predicted molar refractivity (Wildman–Crippen MR) is 117 cm³/mol. The lowest BCUT2D eigenvalue weighted by Crippen LogP contribution is -1.96. The molecule has 1 N–H and O–H groups in total. The quantitative estimate of drug-likeness (QED) is 0.336. The topological polar surface area (TPSA) is 37.8 Å². The van der Waals surface area contributed by atoms with Gasteiger partial charge in [-0.25, -0.2) is 9.97 Å². The zero-order valence-electron chi connectivity index (χ0n) is 14.3. The van der Waals surface area contributed by atoms with Crippen LogP contribution < -0.4 is 5.32 Å². The molecule has 2 heterocycles. The number of nitrogens with one attached hydrogen (secondary N) is 1. The van der Waals surface area contributed by atoms with Gasteiger partial charge in [0.15, 0.2) is 0 Å². The van der Waals surface area contributed by atoms with Crippen molar-refractivity contribution in [2.24, 2.45) is 0 Å². The number of hydrogen-bond donors (Lipinski definition) is 1. The lowest BCUT2D eigenvalue weighted by Gasteiger charge is -2.11. The molecule has 0 saturated heterocycles. The minimum atomic E-state index is 0.410. The molecule has 4 rings (SSSR count). The van der Waals surface area contributed by atoms with Crippen LogP contribution in [0.3, 0.4) is 0 Å². The van der Waals surface area contributed by atoms with Crippen LogP contribution in [0.5, 0.6) is 0 Å². The van der Waals surface area contributed by atoms with E-state index in [-0.39, 0.29) is 0 Å². The van der Waals surface area contributed by atoms with E-state index in [2.05, 4.69) is 51.9 Å². The van der Waals surface area contributed by atoms with Crippen molar-refractivity contribution in [2.45, 2.75) is 13.3 Å². The Labute approximate surface area is 175 Å². The molecule has 0 spiro atoms. The summed E-state index contributed by atoms with van der Waals surface area (Å²) < 4.78 is 0. The fourth-order valence-electron chi connectivity index (χ4n) is 2.85. The van der Waals surface area contributed by atoms with E-state index in [4.69, 9.17) is 34.8 Å². The van der Waals surface area contributed by atoms with Crippen molar-refractivity contribution in [1.82, 2.24) is 9.97 Å². The Hall–Kier alpha value is -1.85. The summed E-state index contributed by atoms with van der Waals surface area (Å²) in [4.78, 5) is 9.74. The Kier molecular flexibility index (Phi) is 5.24. The Morgan fingerprint density at radius 2 is 1.70 bits per heavy atom. The predicted octanol–water partition coefficient (Wildman–Crippen LogP) is 7.62. The van der Waals surface area contributed by atoms with Crippen LogP contribution in [0.25, 0.3) is 21.3 Å². The van der Waals surface area contributed by atoms with E-state index in [1.165, 1.54) is 11.9 Å². The van der Waals surface area contributed by atoms with Crippen molar-refractivity contribution < 1.29 is 0 Å². The summed E-state index contributed by atoms with van der Waals surface area (Å²) >= 11 is 20.1. The first kappa shape index (κ1) is 18.5. The number of benzene rings is 2. The monoisotopic (exact) mass is 433 g/mol. The van der Waals surface area contributed by atoms with Gasteiger partial charge in [-0.2, -0.15) is 0 Å². The number of aryl methyl sites for hydroxylation is 1. The molecule has 0 radical (unpaired) electrons. The highest BCUT2D eigenvalue weighted by molar-refractivity contribution is 7.17. The third kappa shape index (κ3) is 3.63. The van der Waals surface area contributed by atoms with Gasteiger partial charge in [0.1, 0.15) is 17.0 Å². The van der Waals surface area contributed by atoms with Gasteiger partial charge in [-0.05, 0) is 29.7 Å². The standard InChI is InChI=1S/C20H14Cl3N3S/c1-2-11-3-5-12(6-4-11)13-9-27-20-18(13)19(24-10-25-20)26-17-8-15(22)14(21)7-16(17)23/h3-10H,2H2,1H3,(H,24,25,26). The number of nitrogens with zero attached hydrogens (tertiary/aromatic N) is 2. The molecular weight excluding hydrogens is 421 g/mol. The van der Waals surface area contributed by atoms with E-state index in [0.717, 1.165) is 27.8 Å². The smallest absolute Gasteiger partial charge is 0.143 e. The van der Waals surface area contributed by atoms with Gasteiger partial charge in [-0.1, -0.05) is 66.0 Å². The number of aromatic nitrogens is 2. The highest BCUT2D eigenvalue weighted by atomic mass is 35.5. The maximum absolute atomic E-state index is 6.32. The van der Waals surface area contributed by atoms with Gasteiger partial charge < -0.3 is 5.32 Å². The van der Waals surface area contributed by atoms with E-state index in [9.17, 15) is 0 Å². The summed E-state index contributed by atoms with van der Waals surface area (Å²) in [6.45, 7) is 2.14. The van der Waals surface area contributed by atoms with Gasteiger partial charge in [0, 0.05) is 10.9 Å². The normalized spacial score (nSPS) is 11.1. The number of halogens is 3. The number of anilines is 2. The molecule has 7 heteroatoms. The van der Waals surface area contributed by atoms with Crippen molar-refractivity contribution in [3.63, 3.8) is 0 Å². The summed E-state index contributed by atoms with van der Waals surface area (Å²) in [5.41, 5.74) is 4.15.